The van der Waals surface area contributed by atoms with E-state index in [-0.39, 0.29) is 16.8 Å². The SMILES string of the molecule is Cc1cccc(NC(=O)N2CCC3(CC2)SCCN3C(=O)C2CCCC2)c1. The van der Waals surface area contributed by atoms with Crippen LogP contribution >= 0.6 is 11.8 Å². The van der Waals surface area contributed by atoms with E-state index in [9.17, 15) is 9.59 Å². The largest absolute Gasteiger partial charge is 0.327 e. The van der Waals surface area contributed by atoms with Crippen LogP contribution in [0.2, 0.25) is 0 Å². The summed E-state index contributed by atoms with van der Waals surface area (Å²) in [6.07, 6.45) is 6.24. The van der Waals surface area contributed by atoms with Crippen molar-refractivity contribution >= 4 is 29.4 Å². The molecule has 146 valence electrons. The minimum atomic E-state index is -0.0835. The third kappa shape index (κ3) is 3.82. The average Bonchev–Trinajstić information content (AvgIpc) is 3.32. The van der Waals surface area contributed by atoms with E-state index in [4.69, 9.17) is 0 Å². The fourth-order valence-corrected chi connectivity index (χ4v) is 6.17. The fourth-order valence-electron chi connectivity index (χ4n) is 4.71. The number of rotatable bonds is 2. The van der Waals surface area contributed by atoms with E-state index in [1.54, 1.807) is 0 Å². The third-order valence-electron chi connectivity index (χ3n) is 6.25. The molecule has 2 heterocycles. The van der Waals surface area contributed by atoms with Crippen LogP contribution in [0, 0.1) is 12.8 Å². The molecular formula is C21H29N3O2S. The van der Waals surface area contributed by atoms with E-state index in [1.165, 1.54) is 12.8 Å². The van der Waals surface area contributed by atoms with Gasteiger partial charge in [-0.3, -0.25) is 4.79 Å². The van der Waals surface area contributed by atoms with Gasteiger partial charge in [-0.2, -0.15) is 0 Å². The van der Waals surface area contributed by atoms with Crippen molar-refractivity contribution in [1.29, 1.82) is 0 Å². The van der Waals surface area contributed by atoms with Crippen molar-refractivity contribution in [2.24, 2.45) is 5.92 Å². The molecule has 5 nitrogen and oxygen atoms in total. The number of aryl methyl sites for hydroxylation is 1. The highest BCUT2D eigenvalue weighted by molar-refractivity contribution is 8.00. The van der Waals surface area contributed by atoms with Crippen molar-refractivity contribution in [3.05, 3.63) is 29.8 Å². The maximum Gasteiger partial charge on any atom is 0.321 e. The topological polar surface area (TPSA) is 52.7 Å². The zero-order chi connectivity index (χ0) is 18.9. The Balaban J connectivity index is 1.37. The minimum Gasteiger partial charge on any atom is -0.327 e. The van der Waals surface area contributed by atoms with Gasteiger partial charge in [0.25, 0.3) is 0 Å². The van der Waals surface area contributed by atoms with Crippen molar-refractivity contribution in [2.75, 3.05) is 30.7 Å². The van der Waals surface area contributed by atoms with E-state index in [1.807, 2.05) is 47.9 Å². The first-order valence-electron chi connectivity index (χ1n) is 10.2. The van der Waals surface area contributed by atoms with Crippen LogP contribution < -0.4 is 5.32 Å². The van der Waals surface area contributed by atoms with E-state index in [2.05, 4.69) is 10.2 Å². The summed E-state index contributed by atoms with van der Waals surface area (Å²) in [6, 6.07) is 7.85. The van der Waals surface area contributed by atoms with Crippen molar-refractivity contribution in [3.63, 3.8) is 0 Å². The molecule has 1 aromatic rings. The minimum absolute atomic E-state index is 0.0351. The van der Waals surface area contributed by atoms with Gasteiger partial charge in [-0.1, -0.05) is 25.0 Å². The lowest BCUT2D eigenvalue weighted by Gasteiger charge is -2.44. The molecule has 1 aromatic carbocycles. The lowest BCUT2D eigenvalue weighted by atomic mass is 9.99. The maximum absolute atomic E-state index is 13.0. The van der Waals surface area contributed by atoms with Crippen LogP contribution in [-0.4, -0.2) is 52.0 Å². The number of anilines is 1. The Bertz CT molecular complexity index is 709. The van der Waals surface area contributed by atoms with Crippen LogP contribution in [0.5, 0.6) is 0 Å². The number of thioether (sulfide) groups is 1. The van der Waals surface area contributed by atoms with Crippen molar-refractivity contribution in [2.45, 2.75) is 50.3 Å². The first kappa shape index (κ1) is 18.7. The summed E-state index contributed by atoms with van der Waals surface area (Å²) in [7, 11) is 0. The van der Waals surface area contributed by atoms with Crippen LogP contribution in [0.3, 0.4) is 0 Å². The summed E-state index contributed by atoms with van der Waals surface area (Å²) in [5.74, 6) is 1.63. The molecule has 4 rings (SSSR count). The van der Waals surface area contributed by atoms with Gasteiger partial charge in [0.05, 0.1) is 4.87 Å². The lowest BCUT2D eigenvalue weighted by molar-refractivity contribution is -0.138. The van der Waals surface area contributed by atoms with E-state index < -0.39 is 0 Å². The predicted molar refractivity (Wildman–Crippen MR) is 110 cm³/mol. The van der Waals surface area contributed by atoms with E-state index in [0.29, 0.717) is 19.0 Å². The van der Waals surface area contributed by atoms with Gasteiger partial charge >= 0.3 is 6.03 Å². The fraction of sp³-hybridized carbons (Fsp3) is 0.619. The van der Waals surface area contributed by atoms with Gasteiger partial charge in [0.2, 0.25) is 5.91 Å². The summed E-state index contributed by atoms with van der Waals surface area (Å²) in [5.41, 5.74) is 1.97. The summed E-state index contributed by atoms with van der Waals surface area (Å²) in [5, 5.41) is 3.01. The first-order valence-corrected chi connectivity index (χ1v) is 11.1. The number of urea groups is 1. The van der Waals surface area contributed by atoms with Crippen molar-refractivity contribution < 1.29 is 9.59 Å². The predicted octanol–water partition coefficient (Wildman–Crippen LogP) is 4.08. The highest BCUT2D eigenvalue weighted by Crippen LogP contribution is 2.45. The molecule has 1 saturated carbocycles. The monoisotopic (exact) mass is 387 g/mol. The molecule has 1 N–H and O–H groups in total. The van der Waals surface area contributed by atoms with Gasteiger partial charge < -0.3 is 15.1 Å². The van der Waals surface area contributed by atoms with Crippen LogP contribution in [0.1, 0.15) is 44.1 Å². The first-order chi connectivity index (χ1) is 13.1. The number of nitrogens with one attached hydrogen (secondary N) is 1. The molecule has 1 spiro atoms. The van der Waals surface area contributed by atoms with Gasteiger partial charge in [0, 0.05) is 37.0 Å². The van der Waals surface area contributed by atoms with Crippen LogP contribution in [0.25, 0.3) is 0 Å². The van der Waals surface area contributed by atoms with Gasteiger partial charge in [0.15, 0.2) is 0 Å². The molecule has 2 saturated heterocycles. The van der Waals surface area contributed by atoms with E-state index >= 15 is 0 Å². The number of nitrogens with zero attached hydrogens (tertiary/aromatic N) is 2. The standard InChI is InChI=1S/C21H29N3O2S/c1-16-5-4-8-18(15-16)22-20(26)23-11-9-21(10-12-23)24(13-14-27-21)19(25)17-6-2-3-7-17/h4-5,8,15,17H,2-3,6-7,9-14H2,1H3,(H,22,26). The number of amides is 3. The average molecular weight is 388 g/mol. The van der Waals surface area contributed by atoms with Gasteiger partial charge in [-0.15, -0.1) is 11.8 Å². The van der Waals surface area contributed by atoms with Gasteiger partial charge in [0.1, 0.15) is 0 Å². The number of carbonyl (C=O) groups is 2. The van der Waals surface area contributed by atoms with Crippen molar-refractivity contribution in [3.8, 4) is 0 Å². The molecule has 0 unspecified atom stereocenters. The van der Waals surface area contributed by atoms with Crippen LogP contribution in [-0.2, 0) is 4.79 Å². The number of likely N-dealkylation sites (tertiary alicyclic amines) is 1. The highest BCUT2D eigenvalue weighted by atomic mass is 32.2. The third-order valence-corrected chi connectivity index (χ3v) is 7.80. The van der Waals surface area contributed by atoms with Crippen LogP contribution in [0.4, 0.5) is 10.5 Å². The molecule has 6 heteroatoms. The number of hydrogen-bond donors (Lipinski definition) is 1. The number of carbonyl (C=O) groups excluding carboxylic acids is 2. The van der Waals surface area contributed by atoms with Gasteiger partial charge in [-0.05, 0) is 50.3 Å². The Morgan fingerprint density at radius 1 is 1.15 bits per heavy atom. The Kier molecular flexibility index (Phi) is 5.35. The number of piperidine rings is 1. The van der Waals surface area contributed by atoms with Crippen LogP contribution in [0.15, 0.2) is 24.3 Å². The van der Waals surface area contributed by atoms with Crippen molar-refractivity contribution in [1.82, 2.24) is 9.80 Å². The van der Waals surface area contributed by atoms with E-state index in [0.717, 1.165) is 49.2 Å². The second-order valence-corrected chi connectivity index (χ2v) is 9.51. The molecule has 27 heavy (non-hydrogen) atoms. The summed E-state index contributed by atoms with van der Waals surface area (Å²) in [6.45, 7) is 4.31. The smallest absolute Gasteiger partial charge is 0.321 e. The Labute approximate surface area is 165 Å². The molecule has 0 aromatic heterocycles. The summed E-state index contributed by atoms with van der Waals surface area (Å²) >= 11 is 1.93. The summed E-state index contributed by atoms with van der Waals surface area (Å²) < 4.78 is 0. The molecule has 0 radical (unpaired) electrons. The normalized spacial score (nSPS) is 22.4. The number of hydrogen-bond acceptors (Lipinski definition) is 3. The Hall–Kier alpha value is -1.69. The quantitative estimate of drug-likeness (QED) is 0.832. The molecular weight excluding hydrogens is 358 g/mol. The Morgan fingerprint density at radius 2 is 1.89 bits per heavy atom. The second-order valence-electron chi connectivity index (χ2n) is 8.05. The lowest BCUT2D eigenvalue weighted by Crippen LogP contribution is -2.55. The molecule has 0 bridgehead atoms. The highest BCUT2D eigenvalue weighted by Gasteiger charge is 2.48. The maximum atomic E-state index is 13.0. The molecule has 2 aliphatic heterocycles. The molecule has 0 atom stereocenters. The zero-order valence-electron chi connectivity index (χ0n) is 16.1. The molecule has 3 fully saturated rings. The second kappa shape index (κ2) is 7.74. The number of benzene rings is 1. The zero-order valence-corrected chi connectivity index (χ0v) is 16.9. The molecule has 3 aliphatic rings. The van der Waals surface area contributed by atoms with Gasteiger partial charge in [-0.25, -0.2) is 4.79 Å². The molecule has 1 aliphatic carbocycles. The molecule has 3 amide bonds. The summed E-state index contributed by atoms with van der Waals surface area (Å²) in [4.78, 5) is 29.6. The Morgan fingerprint density at radius 3 is 2.59 bits per heavy atom.